The van der Waals surface area contributed by atoms with Crippen molar-refractivity contribution in [1.82, 2.24) is 4.13 Å². The monoisotopic (exact) mass is 290 g/mol. The molecule has 0 aliphatic heterocycles. The summed E-state index contributed by atoms with van der Waals surface area (Å²) in [5.41, 5.74) is 0. The lowest BCUT2D eigenvalue weighted by Gasteiger charge is -2.15. The van der Waals surface area contributed by atoms with Gasteiger partial charge in [-0.3, -0.25) is 4.21 Å². The van der Waals surface area contributed by atoms with Crippen molar-refractivity contribution >= 4 is 31.3 Å². The normalized spacial score (nSPS) is 12.5. The maximum atomic E-state index is 10.0. The van der Waals surface area contributed by atoms with E-state index in [0.29, 0.717) is 0 Å². The van der Waals surface area contributed by atoms with E-state index in [1.54, 1.807) is 0 Å². The van der Waals surface area contributed by atoms with Gasteiger partial charge >= 0.3 is 0 Å². The Balaban J connectivity index is 0.000000354. The average molecular weight is 291 g/mol. The van der Waals surface area contributed by atoms with Crippen LogP contribution in [0.25, 0.3) is 0 Å². The molecule has 1 N–H and O–H groups in total. The summed E-state index contributed by atoms with van der Waals surface area (Å²) in [6.45, 7) is 6.80. The SMILES string of the molecule is C[Si](C)(C)CCSNS(=O)[O-].c1ccccc1. The summed E-state index contributed by atoms with van der Waals surface area (Å²) in [5, 5.41) is 0. The van der Waals surface area contributed by atoms with Gasteiger partial charge in [-0.15, -0.1) is 0 Å². The van der Waals surface area contributed by atoms with Gasteiger partial charge in [0, 0.05) is 25.1 Å². The van der Waals surface area contributed by atoms with Crippen molar-refractivity contribution in [1.29, 1.82) is 0 Å². The molecule has 0 spiro atoms. The van der Waals surface area contributed by atoms with Crippen LogP contribution in [0.15, 0.2) is 36.4 Å². The molecule has 0 aliphatic carbocycles. The van der Waals surface area contributed by atoms with Crippen molar-refractivity contribution in [2.75, 3.05) is 5.75 Å². The smallest absolute Gasteiger partial charge is 0.0451 e. The average Bonchev–Trinajstić information content (AvgIpc) is 2.26. The second-order valence-electron chi connectivity index (χ2n) is 4.63. The summed E-state index contributed by atoms with van der Waals surface area (Å²) >= 11 is -0.855. The Bertz CT molecular complexity index is 277. The zero-order valence-electron chi connectivity index (χ0n) is 10.5. The van der Waals surface area contributed by atoms with E-state index in [4.69, 9.17) is 0 Å². The largest absolute Gasteiger partial charge is 0.759 e. The van der Waals surface area contributed by atoms with Crippen LogP contribution in [0, 0.1) is 0 Å². The van der Waals surface area contributed by atoms with Gasteiger partial charge < -0.3 is 4.55 Å². The Morgan fingerprint density at radius 3 is 1.82 bits per heavy atom. The summed E-state index contributed by atoms with van der Waals surface area (Å²) in [4.78, 5) is 0. The minimum Gasteiger partial charge on any atom is -0.759 e. The molecule has 0 heterocycles. The first kappa shape index (κ1) is 16.9. The molecule has 3 nitrogen and oxygen atoms in total. The summed E-state index contributed by atoms with van der Waals surface area (Å²) < 4.78 is 22.3. The number of nitrogens with one attached hydrogen (secondary N) is 1. The first-order valence-electron chi connectivity index (χ1n) is 5.38. The lowest BCUT2D eigenvalue weighted by atomic mass is 10.4. The lowest BCUT2D eigenvalue weighted by Crippen LogP contribution is -2.21. The molecule has 0 radical (unpaired) electrons. The zero-order chi connectivity index (χ0) is 13.1. The van der Waals surface area contributed by atoms with Gasteiger partial charge in [-0.05, 0) is 6.04 Å². The standard InChI is InChI=1S/C6H6.C5H15NO2S2Si/c1-2-4-6-5-3-1;1-11(2,3)5-4-9-6-10(7)8/h1-6H;6H,4-5H2,1-3H3,(H,7,8)/p-1. The molecule has 1 atom stereocenters. The Morgan fingerprint density at radius 2 is 1.53 bits per heavy atom. The van der Waals surface area contributed by atoms with Crippen LogP contribution in [0.5, 0.6) is 0 Å². The first-order valence-corrected chi connectivity index (χ1v) is 11.2. The van der Waals surface area contributed by atoms with Gasteiger partial charge in [0.05, 0.1) is 0 Å². The van der Waals surface area contributed by atoms with E-state index in [-0.39, 0.29) is 0 Å². The highest BCUT2D eigenvalue weighted by atomic mass is 32.3. The third-order valence-electron chi connectivity index (χ3n) is 1.75. The Hall–Kier alpha value is -0.143. The van der Waals surface area contributed by atoms with E-state index in [1.807, 2.05) is 36.4 Å². The molecule has 0 aliphatic rings. The van der Waals surface area contributed by atoms with E-state index >= 15 is 0 Å². The highest BCUT2D eigenvalue weighted by molar-refractivity contribution is 8.05. The third kappa shape index (κ3) is 15.9. The molecule has 0 amide bonds. The quantitative estimate of drug-likeness (QED) is 0.392. The molecule has 1 rings (SSSR count). The number of benzene rings is 1. The van der Waals surface area contributed by atoms with Crippen molar-refractivity contribution in [3.8, 4) is 0 Å². The zero-order valence-corrected chi connectivity index (χ0v) is 13.1. The molecule has 1 aromatic rings. The van der Waals surface area contributed by atoms with Gasteiger partial charge in [0.15, 0.2) is 0 Å². The van der Waals surface area contributed by atoms with Crippen molar-refractivity contribution in [3.05, 3.63) is 36.4 Å². The second kappa shape index (κ2) is 9.84. The van der Waals surface area contributed by atoms with Crippen molar-refractivity contribution in [2.45, 2.75) is 25.7 Å². The highest BCUT2D eigenvalue weighted by Gasteiger charge is 2.11. The van der Waals surface area contributed by atoms with Crippen LogP contribution in [-0.4, -0.2) is 22.6 Å². The van der Waals surface area contributed by atoms with Gasteiger partial charge in [0.1, 0.15) is 0 Å². The van der Waals surface area contributed by atoms with Crippen molar-refractivity contribution < 1.29 is 8.76 Å². The third-order valence-corrected chi connectivity index (χ3v) is 5.28. The molecule has 0 fully saturated rings. The molecule has 0 saturated carbocycles. The molecule has 98 valence electrons. The highest BCUT2D eigenvalue weighted by Crippen LogP contribution is 2.11. The van der Waals surface area contributed by atoms with Gasteiger partial charge in [0.2, 0.25) is 0 Å². The number of hydrogen-bond acceptors (Lipinski definition) is 3. The molecular formula is C11H20NO2S2Si-. The summed E-state index contributed by atoms with van der Waals surface area (Å²) in [6.07, 6.45) is 0. The van der Waals surface area contributed by atoms with Crippen molar-refractivity contribution in [3.63, 3.8) is 0 Å². The fourth-order valence-corrected chi connectivity index (χ4v) is 4.41. The lowest BCUT2D eigenvalue weighted by molar-refractivity contribution is 0.535. The first-order chi connectivity index (χ1) is 7.92. The summed E-state index contributed by atoms with van der Waals surface area (Å²) in [7, 11) is -0.991. The van der Waals surface area contributed by atoms with Crippen LogP contribution in [0.1, 0.15) is 0 Å². The van der Waals surface area contributed by atoms with E-state index < -0.39 is 19.3 Å². The summed E-state index contributed by atoms with van der Waals surface area (Å²) in [5.74, 6) is 0.879. The van der Waals surface area contributed by atoms with Crippen LogP contribution in [0.3, 0.4) is 0 Å². The van der Waals surface area contributed by atoms with Crippen molar-refractivity contribution in [2.24, 2.45) is 0 Å². The Kier molecular flexibility index (Phi) is 9.76. The predicted molar refractivity (Wildman–Crippen MR) is 79.1 cm³/mol. The van der Waals surface area contributed by atoms with Crippen LogP contribution in [0.4, 0.5) is 0 Å². The molecular weight excluding hydrogens is 270 g/mol. The van der Waals surface area contributed by atoms with Gasteiger partial charge in [-0.2, -0.15) is 4.13 Å². The van der Waals surface area contributed by atoms with Crippen LogP contribution in [0.2, 0.25) is 25.7 Å². The topological polar surface area (TPSA) is 52.2 Å². The van der Waals surface area contributed by atoms with E-state index in [2.05, 4.69) is 23.8 Å². The maximum Gasteiger partial charge on any atom is 0.0451 e. The predicted octanol–water partition coefficient (Wildman–Crippen LogP) is 3.04. The van der Waals surface area contributed by atoms with Gasteiger partial charge in [-0.1, -0.05) is 68.0 Å². The Labute approximate surface area is 112 Å². The van der Waals surface area contributed by atoms with Gasteiger partial charge in [0.25, 0.3) is 0 Å². The molecule has 0 bridgehead atoms. The molecule has 0 saturated heterocycles. The van der Waals surface area contributed by atoms with E-state index in [0.717, 1.165) is 11.8 Å². The molecule has 1 unspecified atom stereocenters. The maximum absolute atomic E-state index is 10.0. The summed E-state index contributed by atoms with van der Waals surface area (Å²) in [6, 6.07) is 13.1. The number of rotatable bonds is 5. The fourth-order valence-electron chi connectivity index (χ4n) is 0.832. The van der Waals surface area contributed by atoms with Gasteiger partial charge in [-0.25, -0.2) is 0 Å². The fraction of sp³-hybridized carbons (Fsp3) is 0.455. The van der Waals surface area contributed by atoms with E-state index in [9.17, 15) is 8.76 Å². The minimum atomic E-state index is -2.12. The van der Waals surface area contributed by atoms with Crippen LogP contribution >= 0.6 is 11.9 Å². The van der Waals surface area contributed by atoms with Crippen LogP contribution in [-0.2, 0) is 11.3 Å². The van der Waals surface area contributed by atoms with E-state index in [1.165, 1.54) is 11.9 Å². The Morgan fingerprint density at radius 1 is 1.12 bits per heavy atom. The molecule has 17 heavy (non-hydrogen) atoms. The molecule has 1 aromatic carbocycles. The molecule has 0 aromatic heterocycles. The minimum absolute atomic E-state index is 0.879. The second-order valence-corrected chi connectivity index (χ2v) is 12.1. The molecule has 6 heteroatoms. The van der Waals surface area contributed by atoms with Crippen LogP contribution < -0.4 is 4.13 Å². The number of hydrogen-bond donors (Lipinski definition) is 1.